The molecule has 0 radical (unpaired) electrons. The van der Waals surface area contributed by atoms with Crippen molar-refractivity contribution in [3.8, 4) is 11.1 Å². The summed E-state index contributed by atoms with van der Waals surface area (Å²) in [6, 6.07) is 11.9. The first-order valence-corrected chi connectivity index (χ1v) is 6.91. The number of halogens is 3. The van der Waals surface area contributed by atoms with Crippen molar-refractivity contribution in [2.24, 2.45) is 5.41 Å². The van der Waals surface area contributed by atoms with Crippen LogP contribution in [0.3, 0.4) is 0 Å². The van der Waals surface area contributed by atoms with Crippen LogP contribution in [0.1, 0.15) is 36.7 Å². The van der Waals surface area contributed by atoms with Gasteiger partial charge in [-0.25, -0.2) is 0 Å². The van der Waals surface area contributed by atoms with Crippen LogP contribution in [0, 0.1) is 5.41 Å². The molecule has 0 atom stereocenters. The Hall–Kier alpha value is -2.10. The van der Waals surface area contributed by atoms with Crippen LogP contribution in [-0.4, -0.2) is 5.78 Å². The average molecular weight is 306 g/mol. The number of alkyl halides is 3. The van der Waals surface area contributed by atoms with Gasteiger partial charge in [0.05, 0.1) is 5.56 Å². The van der Waals surface area contributed by atoms with E-state index in [2.05, 4.69) is 0 Å². The molecular weight excluding hydrogens is 289 g/mol. The Morgan fingerprint density at radius 1 is 0.864 bits per heavy atom. The Labute approximate surface area is 127 Å². The first-order chi connectivity index (χ1) is 10.1. The highest BCUT2D eigenvalue weighted by molar-refractivity contribution is 6.00. The summed E-state index contributed by atoms with van der Waals surface area (Å²) in [5, 5.41) is 0. The van der Waals surface area contributed by atoms with Gasteiger partial charge in [0.15, 0.2) is 5.78 Å². The van der Waals surface area contributed by atoms with E-state index in [0.29, 0.717) is 11.1 Å². The predicted molar refractivity (Wildman–Crippen MR) is 80.7 cm³/mol. The van der Waals surface area contributed by atoms with Gasteiger partial charge >= 0.3 is 6.18 Å². The third-order valence-corrected chi connectivity index (χ3v) is 3.35. The van der Waals surface area contributed by atoms with E-state index < -0.39 is 17.2 Å². The van der Waals surface area contributed by atoms with Crippen LogP contribution in [0.25, 0.3) is 11.1 Å². The third-order valence-electron chi connectivity index (χ3n) is 3.35. The van der Waals surface area contributed by atoms with Crippen LogP contribution in [0.15, 0.2) is 48.5 Å². The standard InChI is InChI=1S/C18H17F3O/c1-17(2,3)16(22)14-6-4-5-13(11-14)12-7-9-15(10-8-12)18(19,20)21/h4-11H,1-3H3. The van der Waals surface area contributed by atoms with E-state index in [1.807, 2.05) is 20.8 Å². The Morgan fingerprint density at radius 3 is 1.95 bits per heavy atom. The van der Waals surface area contributed by atoms with Gasteiger partial charge in [0.1, 0.15) is 0 Å². The van der Waals surface area contributed by atoms with Crippen LogP contribution in [-0.2, 0) is 6.18 Å². The normalized spacial score (nSPS) is 12.3. The summed E-state index contributed by atoms with van der Waals surface area (Å²) < 4.78 is 37.7. The van der Waals surface area contributed by atoms with Crippen LogP contribution in [0.2, 0.25) is 0 Å². The fourth-order valence-corrected chi connectivity index (χ4v) is 2.12. The van der Waals surface area contributed by atoms with Crippen molar-refractivity contribution in [1.82, 2.24) is 0 Å². The van der Waals surface area contributed by atoms with E-state index in [1.165, 1.54) is 12.1 Å². The second-order valence-electron chi connectivity index (χ2n) is 6.24. The highest BCUT2D eigenvalue weighted by atomic mass is 19.4. The van der Waals surface area contributed by atoms with Gasteiger partial charge in [0, 0.05) is 11.0 Å². The number of hydrogen-bond acceptors (Lipinski definition) is 1. The molecule has 0 saturated heterocycles. The molecule has 0 aromatic heterocycles. The second-order valence-corrected chi connectivity index (χ2v) is 6.24. The van der Waals surface area contributed by atoms with Crippen LogP contribution in [0.4, 0.5) is 13.2 Å². The fraction of sp³-hybridized carbons (Fsp3) is 0.278. The summed E-state index contributed by atoms with van der Waals surface area (Å²) in [6.45, 7) is 5.50. The summed E-state index contributed by atoms with van der Waals surface area (Å²) in [5.41, 5.74) is 0.752. The maximum Gasteiger partial charge on any atom is 0.416 e. The zero-order valence-corrected chi connectivity index (χ0v) is 12.7. The van der Waals surface area contributed by atoms with E-state index in [9.17, 15) is 18.0 Å². The molecule has 0 saturated carbocycles. The number of carbonyl (C=O) groups excluding carboxylic acids is 1. The number of Topliss-reactive ketones (excluding diaryl/α,β-unsaturated/α-hetero) is 1. The number of hydrogen-bond donors (Lipinski definition) is 0. The van der Waals surface area contributed by atoms with Crippen molar-refractivity contribution in [3.63, 3.8) is 0 Å². The molecule has 2 aromatic rings. The van der Waals surface area contributed by atoms with Crippen molar-refractivity contribution in [2.75, 3.05) is 0 Å². The predicted octanol–water partition coefficient (Wildman–Crippen LogP) is 5.60. The first kappa shape index (κ1) is 16.3. The number of ketones is 1. The average Bonchev–Trinajstić information content (AvgIpc) is 2.45. The zero-order valence-electron chi connectivity index (χ0n) is 12.7. The molecule has 0 unspecified atom stereocenters. The van der Waals surface area contributed by atoms with Crippen LogP contribution < -0.4 is 0 Å². The minimum atomic E-state index is -4.34. The van der Waals surface area contributed by atoms with Gasteiger partial charge in [0.25, 0.3) is 0 Å². The smallest absolute Gasteiger partial charge is 0.294 e. The van der Waals surface area contributed by atoms with E-state index in [1.54, 1.807) is 24.3 Å². The topological polar surface area (TPSA) is 17.1 Å². The summed E-state index contributed by atoms with van der Waals surface area (Å²) in [7, 11) is 0. The Kier molecular flexibility index (Phi) is 4.14. The minimum absolute atomic E-state index is 0.00117. The monoisotopic (exact) mass is 306 g/mol. The Morgan fingerprint density at radius 2 is 1.45 bits per heavy atom. The van der Waals surface area contributed by atoms with Gasteiger partial charge in [-0.15, -0.1) is 0 Å². The molecule has 0 amide bonds. The molecule has 0 N–H and O–H groups in total. The van der Waals surface area contributed by atoms with Gasteiger partial charge in [-0.1, -0.05) is 51.1 Å². The van der Waals surface area contributed by atoms with Crippen molar-refractivity contribution in [2.45, 2.75) is 26.9 Å². The molecule has 0 fully saturated rings. The lowest BCUT2D eigenvalue weighted by Crippen LogP contribution is -2.20. The van der Waals surface area contributed by atoms with Gasteiger partial charge in [-0.3, -0.25) is 4.79 Å². The Balaban J connectivity index is 2.36. The summed E-state index contributed by atoms with van der Waals surface area (Å²) in [4.78, 5) is 12.3. The largest absolute Gasteiger partial charge is 0.416 e. The molecule has 2 rings (SSSR count). The van der Waals surface area contributed by atoms with E-state index >= 15 is 0 Å². The van der Waals surface area contributed by atoms with Crippen molar-refractivity contribution >= 4 is 5.78 Å². The van der Waals surface area contributed by atoms with E-state index in [0.717, 1.165) is 17.7 Å². The molecule has 116 valence electrons. The Bertz CT molecular complexity index is 677. The zero-order chi connectivity index (χ0) is 16.5. The lowest BCUT2D eigenvalue weighted by atomic mass is 9.85. The molecule has 1 nitrogen and oxygen atoms in total. The molecule has 0 heterocycles. The number of rotatable bonds is 2. The third kappa shape index (κ3) is 3.56. The number of carbonyl (C=O) groups is 1. The van der Waals surface area contributed by atoms with Crippen molar-refractivity contribution in [3.05, 3.63) is 59.7 Å². The highest BCUT2D eigenvalue weighted by Gasteiger charge is 2.30. The molecule has 0 aliphatic rings. The lowest BCUT2D eigenvalue weighted by Gasteiger charge is -2.17. The molecule has 4 heteroatoms. The van der Waals surface area contributed by atoms with Crippen molar-refractivity contribution in [1.29, 1.82) is 0 Å². The second kappa shape index (κ2) is 5.59. The van der Waals surface area contributed by atoms with Gasteiger partial charge < -0.3 is 0 Å². The molecule has 0 aliphatic heterocycles. The van der Waals surface area contributed by atoms with Gasteiger partial charge in [0.2, 0.25) is 0 Å². The molecule has 22 heavy (non-hydrogen) atoms. The fourth-order valence-electron chi connectivity index (χ4n) is 2.12. The van der Waals surface area contributed by atoms with Crippen LogP contribution >= 0.6 is 0 Å². The first-order valence-electron chi connectivity index (χ1n) is 6.91. The van der Waals surface area contributed by atoms with E-state index in [4.69, 9.17) is 0 Å². The quantitative estimate of drug-likeness (QED) is 0.660. The summed E-state index contributed by atoms with van der Waals surface area (Å²) in [6.07, 6.45) is -4.34. The minimum Gasteiger partial charge on any atom is -0.294 e. The van der Waals surface area contributed by atoms with Gasteiger partial charge in [-0.05, 0) is 29.3 Å². The summed E-state index contributed by atoms with van der Waals surface area (Å²) in [5.74, 6) is 0.00117. The summed E-state index contributed by atoms with van der Waals surface area (Å²) >= 11 is 0. The molecular formula is C18H17F3O. The molecule has 0 spiro atoms. The maximum absolute atomic E-state index is 12.6. The molecule has 0 bridgehead atoms. The van der Waals surface area contributed by atoms with Crippen molar-refractivity contribution < 1.29 is 18.0 Å². The maximum atomic E-state index is 12.6. The molecule has 2 aromatic carbocycles. The number of benzene rings is 2. The SMILES string of the molecule is CC(C)(C)C(=O)c1cccc(-c2ccc(C(F)(F)F)cc2)c1. The van der Waals surface area contributed by atoms with Gasteiger partial charge in [-0.2, -0.15) is 13.2 Å². The van der Waals surface area contributed by atoms with Crippen LogP contribution in [0.5, 0.6) is 0 Å². The highest BCUT2D eigenvalue weighted by Crippen LogP contribution is 2.31. The molecule has 0 aliphatic carbocycles. The lowest BCUT2D eigenvalue weighted by molar-refractivity contribution is -0.137. The van der Waals surface area contributed by atoms with E-state index in [-0.39, 0.29) is 5.78 Å².